The predicted molar refractivity (Wildman–Crippen MR) is 88.2 cm³/mol. The van der Waals surface area contributed by atoms with E-state index < -0.39 is 0 Å². The van der Waals surface area contributed by atoms with Gasteiger partial charge in [-0.2, -0.15) is 0 Å². The lowest BCUT2D eigenvalue weighted by molar-refractivity contribution is -0.114. The van der Waals surface area contributed by atoms with Gasteiger partial charge in [-0.25, -0.2) is 15.0 Å². The van der Waals surface area contributed by atoms with Gasteiger partial charge in [0.1, 0.15) is 11.6 Å². The number of anilines is 3. The van der Waals surface area contributed by atoms with Gasteiger partial charge in [-0.3, -0.25) is 4.79 Å². The maximum atomic E-state index is 11.3. The van der Waals surface area contributed by atoms with Crippen LogP contribution in [0.5, 0.6) is 0 Å². The second-order valence-corrected chi connectivity index (χ2v) is 6.61. The van der Waals surface area contributed by atoms with E-state index in [0.29, 0.717) is 5.82 Å². The molecule has 2 aliphatic rings. The molecule has 1 N–H and O–H groups in total. The number of halogens is 1. The van der Waals surface area contributed by atoms with Gasteiger partial charge in [0.15, 0.2) is 0 Å². The van der Waals surface area contributed by atoms with E-state index >= 15 is 0 Å². The van der Waals surface area contributed by atoms with Gasteiger partial charge < -0.3 is 10.2 Å². The third kappa shape index (κ3) is 2.43. The molecule has 23 heavy (non-hydrogen) atoms. The van der Waals surface area contributed by atoms with Crippen LogP contribution in [-0.2, 0) is 10.2 Å². The maximum absolute atomic E-state index is 11.3. The van der Waals surface area contributed by atoms with Crippen LogP contribution in [0.1, 0.15) is 31.0 Å². The highest BCUT2D eigenvalue weighted by molar-refractivity contribution is 6.28. The zero-order chi connectivity index (χ0) is 16.2. The summed E-state index contributed by atoms with van der Waals surface area (Å²) >= 11 is 6.02. The molecule has 1 aliphatic carbocycles. The van der Waals surface area contributed by atoms with E-state index in [1.54, 1.807) is 0 Å². The summed E-state index contributed by atoms with van der Waals surface area (Å²) in [4.78, 5) is 26.3. The SMILES string of the molecule is CC(=O)Nc1cc2c(cn1)C1(CC1)CN2c1cc(C)nc(Cl)n1. The van der Waals surface area contributed by atoms with E-state index in [2.05, 4.69) is 25.2 Å². The van der Waals surface area contributed by atoms with Crippen LogP contribution in [0.2, 0.25) is 5.28 Å². The van der Waals surface area contributed by atoms with Crippen LogP contribution in [0.15, 0.2) is 18.3 Å². The summed E-state index contributed by atoms with van der Waals surface area (Å²) in [5, 5.41) is 2.99. The molecule has 4 rings (SSSR count). The smallest absolute Gasteiger partial charge is 0.224 e. The second kappa shape index (κ2) is 4.89. The largest absolute Gasteiger partial charge is 0.325 e. The Hall–Kier alpha value is -2.21. The number of nitrogens with one attached hydrogen (secondary N) is 1. The highest BCUT2D eigenvalue weighted by Crippen LogP contribution is 2.57. The number of hydrogen-bond acceptors (Lipinski definition) is 5. The van der Waals surface area contributed by atoms with Gasteiger partial charge in [-0.15, -0.1) is 0 Å². The first kappa shape index (κ1) is 14.4. The molecule has 1 spiro atoms. The average Bonchev–Trinajstić information content (AvgIpc) is 3.16. The molecule has 0 saturated heterocycles. The molecular formula is C16H16ClN5O. The van der Waals surface area contributed by atoms with E-state index in [1.807, 2.05) is 25.3 Å². The van der Waals surface area contributed by atoms with E-state index in [4.69, 9.17) is 11.6 Å². The van der Waals surface area contributed by atoms with Crippen LogP contribution in [0, 0.1) is 6.92 Å². The van der Waals surface area contributed by atoms with Crippen molar-refractivity contribution in [3.05, 3.63) is 34.9 Å². The number of carbonyl (C=O) groups excluding carboxylic acids is 1. The Balaban J connectivity index is 1.80. The number of aromatic nitrogens is 3. The van der Waals surface area contributed by atoms with E-state index in [-0.39, 0.29) is 16.6 Å². The number of amides is 1. The fraction of sp³-hybridized carbons (Fsp3) is 0.375. The highest BCUT2D eigenvalue weighted by atomic mass is 35.5. The molecule has 2 aromatic heterocycles. The Labute approximate surface area is 138 Å². The lowest BCUT2D eigenvalue weighted by Gasteiger charge is -2.19. The summed E-state index contributed by atoms with van der Waals surface area (Å²) in [7, 11) is 0. The Morgan fingerprint density at radius 2 is 2.13 bits per heavy atom. The summed E-state index contributed by atoms with van der Waals surface area (Å²) in [5.74, 6) is 1.20. The van der Waals surface area contributed by atoms with Gasteiger partial charge in [0.25, 0.3) is 0 Å². The molecule has 0 atom stereocenters. The van der Waals surface area contributed by atoms with Gasteiger partial charge in [0.05, 0.1) is 5.69 Å². The lowest BCUT2D eigenvalue weighted by atomic mass is 10.0. The number of hydrogen-bond donors (Lipinski definition) is 1. The normalized spacial score (nSPS) is 17.3. The van der Waals surface area contributed by atoms with Crippen LogP contribution in [0.4, 0.5) is 17.3 Å². The first-order valence-corrected chi connectivity index (χ1v) is 7.91. The van der Waals surface area contributed by atoms with Crippen molar-refractivity contribution in [1.82, 2.24) is 15.0 Å². The lowest BCUT2D eigenvalue weighted by Crippen LogP contribution is -2.20. The molecule has 2 aromatic rings. The first-order valence-electron chi connectivity index (χ1n) is 7.54. The Bertz CT molecular complexity index is 798. The zero-order valence-electron chi connectivity index (χ0n) is 12.9. The molecule has 1 saturated carbocycles. The van der Waals surface area contributed by atoms with Gasteiger partial charge in [-0.05, 0) is 31.4 Å². The van der Waals surface area contributed by atoms with Crippen molar-refractivity contribution < 1.29 is 4.79 Å². The maximum Gasteiger partial charge on any atom is 0.224 e. The summed E-state index contributed by atoms with van der Waals surface area (Å²) in [6.07, 6.45) is 4.17. The van der Waals surface area contributed by atoms with Crippen molar-refractivity contribution in [1.29, 1.82) is 0 Å². The number of aryl methyl sites for hydroxylation is 1. The van der Waals surface area contributed by atoms with Crippen molar-refractivity contribution in [2.24, 2.45) is 0 Å². The minimum absolute atomic E-state index is 0.135. The van der Waals surface area contributed by atoms with E-state index in [1.165, 1.54) is 12.5 Å². The molecule has 3 heterocycles. The monoisotopic (exact) mass is 329 g/mol. The van der Waals surface area contributed by atoms with Crippen LogP contribution < -0.4 is 10.2 Å². The number of pyridine rings is 1. The molecule has 0 bridgehead atoms. The molecule has 0 unspecified atom stereocenters. The van der Waals surface area contributed by atoms with Gasteiger partial charge >= 0.3 is 0 Å². The minimum Gasteiger partial charge on any atom is -0.325 e. The standard InChI is InChI=1S/C16H16ClN5O/c1-9-5-14(21-15(17)19-9)22-8-16(3-4-16)11-7-18-13(6-12(11)22)20-10(2)23/h5-7H,3-4,8H2,1-2H3,(H,18,20,23). The van der Waals surface area contributed by atoms with Crippen molar-refractivity contribution in [2.75, 3.05) is 16.8 Å². The predicted octanol–water partition coefficient (Wildman–Crippen LogP) is 2.98. The van der Waals surface area contributed by atoms with E-state index in [0.717, 1.165) is 36.6 Å². The fourth-order valence-corrected chi connectivity index (χ4v) is 3.46. The molecular weight excluding hydrogens is 314 g/mol. The van der Waals surface area contributed by atoms with Crippen LogP contribution >= 0.6 is 11.6 Å². The Kier molecular flexibility index (Phi) is 3.06. The third-order valence-electron chi connectivity index (χ3n) is 4.45. The van der Waals surface area contributed by atoms with E-state index in [9.17, 15) is 4.79 Å². The topological polar surface area (TPSA) is 71.0 Å². The number of carbonyl (C=O) groups is 1. The summed E-state index contributed by atoms with van der Waals surface area (Å²) in [6, 6.07) is 3.84. The van der Waals surface area contributed by atoms with Crippen molar-refractivity contribution >= 4 is 34.8 Å². The number of fused-ring (bicyclic) bond motifs is 2. The summed E-state index contributed by atoms with van der Waals surface area (Å²) in [5.41, 5.74) is 3.26. The Morgan fingerprint density at radius 3 is 2.78 bits per heavy atom. The van der Waals surface area contributed by atoms with Gasteiger partial charge in [0.2, 0.25) is 11.2 Å². The summed E-state index contributed by atoms with van der Waals surface area (Å²) in [6.45, 7) is 4.24. The second-order valence-electron chi connectivity index (χ2n) is 6.27. The summed E-state index contributed by atoms with van der Waals surface area (Å²) < 4.78 is 0. The Morgan fingerprint density at radius 1 is 1.35 bits per heavy atom. The first-order chi connectivity index (χ1) is 11.0. The molecule has 0 radical (unpaired) electrons. The molecule has 1 fully saturated rings. The number of nitrogens with zero attached hydrogens (tertiary/aromatic N) is 4. The van der Waals surface area contributed by atoms with Crippen molar-refractivity contribution in [3.63, 3.8) is 0 Å². The average molecular weight is 330 g/mol. The number of rotatable bonds is 2. The van der Waals surface area contributed by atoms with Crippen LogP contribution in [-0.4, -0.2) is 27.4 Å². The molecule has 0 aromatic carbocycles. The fourth-order valence-electron chi connectivity index (χ4n) is 3.24. The third-order valence-corrected chi connectivity index (χ3v) is 4.62. The molecule has 6 nitrogen and oxygen atoms in total. The van der Waals surface area contributed by atoms with Gasteiger partial charge in [0, 0.05) is 48.5 Å². The minimum atomic E-state index is -0.135. The van der Waals surface area contributed by atoms with Crippen molar-refractivity contribution in [2.45, 2.75) is 32.1 Å². The molecule has 1 amide bonds. The zero-order valence-corrected chi connectivity index (χ0v) is 13.7. The van der Waals surface area contributed by atoms with Crippen LogP contribution in [0.25, 0.3) is 0 Å². The molecule has 118 valence electrons. The highest BCUT2D eigenvalue weighted by Gasteiger charge is 2.52. The quantitative estimate of drug-likeness (QED) is 0.858. The van der Waals surface area contributed by atoms with Crippen LogP contribution in [0.3, 0.4) is 0 Å². The molecule has 7 heteroatoms. The van der Waals surface area contributed by atoms with Crippen molar-refractivity contribution in [3.8, 4) is 0 Å². The molecule has 1 aliphatic heterocycles. The van der Waals surface area contributed by atoms with Gasteiger partial charge in [-0.1, -0.05) is 0 Å².